The molecule has 0 radical (unpaired) electrons. The zero-order valence-corrected chi connectivity index (χ0v) is 14.3. The molecule has 1 aliphatic heterocycles. The van der Waals surface area contributed by atoms with Gasteiger partial charge in [-0.1, -0.05) is 17.7 Å². The molecule has 2 aromatic carbocycles. The highest BCUT2D eigenvalue weighted by Gasteiger charge is 2.54. The van der Waals surface area contributed by atoms with E-state index in [2.05, 4.69) is 0 Å². The van der Waals surface area contributed by atoms with E-state index in [1.54, 1.807) is 37.3 Å². The second-order valence-corrected chi connectivity index (χ2v) is 6.47. The smallest absolute Gasteiger partial charge is 0.274 e. The van der Waals surface area contributed by atoms with Crippen molar-refractivity contribution in [2.45, 2.75) is 25.6 Å². The van der Waals surface area contributed by atoms with Crippen LogP contribution in [0.3, 0.4) is 0 Å². The van der Waals surface area contributed by atoms with Crippen LogP contribution in [0.2, 0.25) is 5.02 Å². The van der Waals surface area contributed by atoms with E-state index in [-0.39, 0.29) is 5.69 Å². The zero-order valence-electron chi connectivity index (χ0n) is 13.6. The van der Waals surface area contributed by atoms with Crippen LogP contribution in [0, 0.1) is 15.3 Å². The molecule has 0 aromatic heterocycles. The Bertz CT molecular complexity index is 868. The minimum atomic E-state index is -1.49. The Balaban J connectivity index is 2.16. The van der Waals surface area contributed by atoms with Gasteiger partial charge in [0.15, 0.2) is 0 Å². The molecule has 0 spiro atoms. The lowest BCUT2D eigenvalue weighted by atomic mass is 10.0. The zero-order chi connectivity index (χ0) is 18.4. The minimum absolute atomic E-state index is 0.145. The molecule has 0 amide bonds. The molecule has 0 unspecified atom stereocenters. The van der Waals surface area contributed by atoms with Crippen molar-refractivity contribution in [2.24, 2.45) is 0 Å². The molecule has 1 aliphatic rings. The third-order valence-corrected chi connectivity index (χ3v) is 4.82. The van der Waals surface area contributed by atoms with Crippen molar-refractivity contribution in [1.82, 2.24) is 5.06 Å². The first-order valence-electron chi connectivity index (χ1n) is 7.60. The minimum Gasteiger partial charge on any atom is -0.622 e. The van der Waals surface area contributed by atoms with E-state index < -0.39 is 16.6 Å². The van der Waals surface area contributed by atoms with Crippen LogP contribution in [-0.2, 0) is 5.66 Å². The van der Waals surface area contributed by atoms with Gasteiger partial charge in [0.2, 0.25) is 5.71 Å². The molecule has 1 N–H and O–H groups in total. The van der Waals surface area contributed by atoms with E-state index in [1.807, 2.05) is 0 Å². The summed E-state index contributed by atoms with van der Waals surface area (Å²) in [5.74, 6) is 0. The molecule has 3 rings (SSSR count). The maximum absolute atomic E-state index is 13.1. The van der Waals surface area contributed by atoms with Crippen LogP contribution >= 0.6 is 11.6 Å². The number of benzene rings is 2. The van der Waals surface area contributed by atoms with Crippen LogP contribution in [0.1, 0.15) is 25.0 Å². The average Bonchev–Trinajstić information content (AvgIpc) is 2.78. The topological polar surface area (TPSA) is 92.7 Å². The number of non-ortho nitro benzene ring substituents is 1. The molecule has 2 aromatic rings. The number of nitrogens with zero attached hydrogens (tertiary/aromatic N) is 3. The molecule has 8 heteroatoms. The summed E-state index contributed by atoms with van der Waals surface area (Å²) in [7, 11) is 0. The summed E-state index contributed by atoms with van der Waals surface area (Å²) >= 11 is 5.89. The highest BCUT2D eigenvalue weighted by molar-refractivity contribution is 6.30. The van der Waals surface area contributed by atoms with Gasteiger partial charge in [-0.2, -0.15) is 4.74 Å². The summed E-state index contributed by atoms with van der Waals surface area (Å²) in [6.45, 7) is 3.22. The first-order chi connectivity index (χ1) is 11.8. The monoisotopic (exact) mass is 361 g/mol. The summed E-state index contributed by atoms with van der Waals surface area (Å²) in [5, 5.41) is 36.2. The summed E-state index contributed by atoms with van der Waals surface area (Å²) < 4.78 is 0.694. The van der Waals surface area contributed by atoms with Crippen molar-refractivity contribution in [3.05, 3.63) is 80.0 Å². The third-order valence-electron chi connectivity index (χ3n) is 4.57. The van der Waals surface area contributed by atoms with Crippen molar-refractivity contribution in [1.29, 1.82) is 0 Å². The van der Waals surface area contributed by atoms with Crippen LogP contribution in [0.5, 0.6) is 0 Å². The summed E-state index contributed by atoms with van der Waals surface area (Å²) in [6.07, 6.45) is 0. The van der Waals surface area contributed by atoms with Crippen LogP contribution in [0.25, 0.3) is 0 Å². The fourth-order valence-electron chi connectivity index (χ4n) is 3.13. The highest BCUT2D eigenvalue weighted by Crippen LogP contribution is 2.37. The lowest BCUT2D eigenvalue weighted by Crippen LogP contribution is -2.45. The second-order valence-electron chi connectivity index (χ2n) is 6.04. The standard InChI is InChI=1S/C17H16ClN3O4/c1-11-16(12-6-8-14(18)9-7-12)20(23)17(2,19(11)22)13-4-3-5-15(10-13)21(24)25/h3-11,22H,1-2H3/t11-,17-/m0/s1. The van der Waals surface area contributed by atoms with Crippen molar-refractivity contribution < 1.29 is 14.9 Å². The summed E-state index contributed by atoms with van der Waals surface area (Å²) in [4.78, 5) is 10.5. The number of halogens is 1. The number of hydroxylamine groups is 3. The van der Waals surface area contributed by atoms with Gasteiger partial charge in [0.05, 0.1) is 4.92 Å². The fraction of sp³-hybridized carbons (Fsp3) is 0.235. The Labute approximate surface area is 149 Å². The van der Waals surface area contributed by atoms with E-state index in [9.17, 15) is 20.5 Å². The fourth-order valence-corrected chi connectivity index (χ4v) is 3.26. The van der Waals surface area contributed by atoms with Crippen LogP contribution in [-0.4, -0.2) is 31.7 Å². The van der Waals surface area contributed by atoms with E-state index in [4.69, 9.17) is 11.6 Å². The molecule has 0 fully saturated rings. The van der Waals surface area contributed by atoms with E-state index >= 15 is 0 Å². The molecule has 1 heterocycles. The molecule has 7 nitrogen and oxygen atoms in total. The van der Waals surface area contributed by atoms with Crippen LogP contribution < -0.4 is 0 Å². The van der Waals surface area contributed by atoms with Crippen molar-refractivity contribution in [2.75, 3.05) is 0 Å². The first-order valence-corrected chi connectivity index (χ1v) is 7.98. The third kappa shape index (κ3) is 2.66. The van der Waals surface area contributed by atoms with E-state index in [1.165, 1.54) is 25.1 Å². The van der Waals surface area contributed by atoms with E-state index in [0.29, 0.717) is 26.6 Å². The molecule has 130 valence electrons. The number of nitro benzene ring substituents is 1. The van der Waals surface area contributed by atoms with Gasteiger partial charge < -0.3 is 10.4 Å². The maximum atomic E-state index is 13.1. The molecule has 0 saturated heterocycles. The molecule has 0 bridgehead atoms. The molecular weight excluding hydrogens is 346 g/mol. The maximum Gasteiger partial charge on any atom is 0.274 e. The second kappa shape index (κ2) is 6.11. The SMILES string of the molecule is C[C@H]1C(c2ccc(Cl)cc2)=[N+]([O-])[C@@](C)(c2cccc([N+](=O)[O-])c2)N1O. The van der Waals surface area contributed by atoms with Gasteiger partial charge in [-0.15, -0.1) is 5.06 Å². The van der Waals surface area contributed by atoms with E-state index in [0.717, 1.165) is 5.06 Å². The Hall–Kier alpha value is -2.48. The lowest BCUT2D eigenvalue weighted by molar-refractivity contribution is -0.595. The number of nitro groups is 1. The molecule has 2 atom stereocenters. The van der Waals surface area contributed by atoms with Gasteiger partial charge in [-0.05, 0) is 37.3 Å². The van der Waals surface area contributed by atoms with Crippen LogP contribution in [0.15, 0.2) is 48.5 Å². The van der Waals surface area contributed by atoms with Gasteiger partial charge in [0, 0.05) is 35.2 Å². The quantitative estimate of drug-likeness (QED) is 0.391. The molecule has 25 heavy (non-hydrogen) atoms. The van der Waals surface area contributed by atoms with Gasteiger partial charge >= 0.3 is 0 Å². The average molecular weight is 362 g/mol. The number of hydrogen-bond acceptors (Lipinski definition) is 5. The van der Waals surface area contributed by atoms with Gasteiger partial charge in [-0.3, -0.25) is 10.1 Å². The predicted octanol–water partition coefficient (Wildman–Crippen LogP) is 3.51. The highest BCUT2D eigenvalue weighted by atomic mass is 35.5. The Kier molecular flexibility index (Phi) is 4.24. The van der Waals surface area contributed by atoms with Crippen LogP contribution in [0.4, 0.5) is 5.69 Å². The summed E-state index contributed by atoms with van der Waals surface area (Å²) in [5.41, 5.74) is -0.322. The molecule has 0 saturated carbocycles. The van der Waals surface area contributed by atoms with Gasteiger partial charge in [-0.25, -0.2) is 0 Å². The van der Waals surface area contributed by atoms with Crippen molar-refractivity contribution >= 4 is 23.0 Å². The van der Waals surface area contributed by atoms with Gasteiger partial charge in [0.25, 0.3) is 11.4 Å². The predicted molar refractivity (Wildman–Crippen MR) is 92.7 cm³/mol. The lowest BCUT2D eigenvalue weighted by Gasteiger charge is -2.29. The normalized spacial score (nSPS) is 23.9. The molecular formula is C17H16ClN3O4. The Morgan fingerprint density at radius 3 is 2.52 bits per heavy atom. The van der Waals surface area contributed by atoms with Crippen molar-refractivity contribution in [3.63, 3.8) is 0 Å². The molecule has 0 aliphatic carbocycles. The number of hydrogen-bond donors (Lipinski definition) is 1. The first kappa shape index (κ1) is 17.3. The van der Waals surface area contributed by atoms with Crippen molar-refractivity contribution in [3.8, 4) is 0 Å². The Morgan fingerprint density at radius 1 is 1.28 bits per heavy atom. The van der Waals surface area contributed by atoms with Gasteiger partial charge in [0.1, 0.15) is 6.04 Å². The Morgan fingerprint density at radius 2 is 1.92 bits per heavy atom. The largest absolute Gasteiger partial charge is 0.622 e. The number of rotatable bonds is 3. The summed E-state index contributed by atoms with van der Waals surface area (Å²) in [6, 6.07) is 11.8.